The number of rotatable bonds is 40. The van der Waals surface area contributed by atoms with Gasteiger partial charge in [0, 0.05) is 12.8 Å². The molecule has 0 spiro atoms. The maximum Gasteiger partial charge on any atom is 0.309 e. The van der Waals surface area contributed by atoms with E-state index in [0.717, 1.165) is 38.5 Å². The van der Waals surface area contributed by atoms with E-state index in [0.29, 0.717) is 6.42 Å². The van der Waals surface area contributed by atoms with E-state index in [1.54, 1.807) is 27.2 Å². The Bertz CT molecular complexity index is 1060. The van der Waals surface area contributed by atoms with Crippen LogP contribution in [0.15, 0.2) is 48.6 Å². The molecule has 0 fully saturated rings. The number of aliphatic carboxylic acids is 1. The lowest BCUT2D eigenvalue weighted by molar-refractivity contribution is -0.889. The summed E-state index contributed by atoms with van der Waals surface area (Å²) in [6.45, 7) is 4.43. The molecule has 0 aromatic heterocycles. The van der Waals surface area contributed by atoms with Crippen LogP contribution in [0.25, 0.3) is 0 Å². The van der Waals surface area contributed by atoms with Crippen LogP contribution >= 0.6 is 0 Å². The van der Waals surface area contributed by atoms with Gasteiger partial charge in [-0.15, -0.1) is 0 Å². The topological polar surface area (TPSA) is 102 Å². The van der Waals surface area contributed by atoms with Gasteiger partial charge in [0.1, 0.15) is 12.6 Å². The highest BCUT2D eigenvalue weighted by Crippen LogP contribution is 2.14. The van der Waals surface area contributed by atoms with Crippen LogP contribution in [0.4, 0.5) is 0 Å². The minimum Gasteiger partial charge on any atom is -0.544 e. The molecule has 0 aliphatic rings. The second-order valence-corrected chi connectivity index (χ2v) is 16.3. The monoisotopic (exact) mass is 788 g/mol. The summed E-state index contributed by atoms with van der Waals surface area (Å²) in [5.74, 6) is -1.89. The highest BCUT2D eigenvalue weighted by Gasteiger charge is 2.25. The first kappa shape index (κ1) is 53.3. The van der Waals surface area contributed by atoms with Crippen molar-refractivity contribution in [3.8, 4) is 0 Å². The minimum atomic E-state index is -1.14. The average molecular weight is 788 g/mol. The van der Waals surface area contributed by atoms with Crippen molar-refractivity contribution in [2.45, 2.75) is 199 Å². The zero-order chi connectivity index (χ0) is 41.4. The van der Waals surface area contributed by atoms with E-state index in [9.17, 15) is 19.5 Å². The van der Waals surface area contributed by atoms with Crippen molar-refractivity contribution in [3.05, 3.63) is 48.6 Å². The van der Waals surface area contributed by atoms with E-state index < -0.39 is 24.1 Å². The van der Waals surface area contributed by atoms with Crippen molar-refractivity contribution in [3.63, 3.8) is 0 Å². The summed E-state index contributed by atoms with van der Waals surface area (Å²) in [4.78, 5) is 36.7. The van der Waals surface area contributed by atoms with E-state index >= 15 is 0 Å². The molecule has 0 saturated carbocycles. The highest BCUT2D eigenvalue weighted by molar-refractivity contribution is 5.71. The fraction of sp³-hybridized carbons (Fsp3) is 0.771. The maximum atomic E-state index is 12.7. The van der Waals surface area contributed by atoms with Crippen LogP contribution in [-0.4, -0.2) is 75.5 Å². The third-order valence-corrected chi connectivity index (χ3v) is 9.98. The normalized spacial score (nSPS) is 13.4. The summed E-state index contributed by atoms with van der Waals surface area (Å²) in [6.07, 6.45) is 46.2. The third kappa shape index (κ3) is 36.9. The molecule has 0 aromatic rings. The van der Waals surface area contributed by atoms with Crippen molar-refractivity contribution in [2.24, 2.45) is 0 Å². The Balaban J connectivity index is 4.23. The van der Waals surface area contributed by atoms with Gasteiger partial charge in [-0.2, -0.15) is 0 Å². The minimum absolute atomic E-state index is 0.0115. The summed E-state index contributed by atoms with van der Waals surface area (Å²) < 4.78 is 17.0. The van der Waals surface area contributed by atoms with Gasteiger partial charge in [-0.25, -0.2) is 0 Å². The Morgan fingerprint density at radius 1 is 0.571 bits per heavy atom. The first-order valence-corrected chi connectivity index (χ1v) is 22.7. The molecule has 324 valence electrons. The Kier molecular flexibility index (Phi) is 37.2. The Hall–Kier alpha value is -2.71. The number of carbonyl (C=O) groups excluding carboxylic acids is 3. The van der Waals surface area contributed by atoms with E-state index in [1.165, 1.54) is 116 Å². The number of quaternary nitrogens is 1. The molecule has 0 aromatic carbocycles. The molecule has 0 amide bonds. The van der Waals surface area contributed by atoms with E-state index in [2.05, 4.69) is 50.3 Å². The molecule has 0 aliphatic carbocycles. The molecule has 0 radical (unpaired) electrons. The van der Waals surface area contributed by atoms with E-state index in [1.807, 2.05) is 6.08 Å². The van der Waals surface area contributed by atoms with Gasteiger partial charge < -0.3 is 28.6 Å². The first-order valence-electron chi connectivity index (χ1n) is 22.7. The van der Waals surface area contributed by atoms with Crippen molar-refractivity contribution < 1.29 is 38.2 Å². The lowest BCUT2D eigenvalue weighted by Gasteiger charge is -2.34. The third-order valence-electron chi connectivity index (χ3n) is 9.98. The number of ether oxygens (including phenoxy) is 3. The maximum absolute atomic E-state index is 12.7. The number of hydrogen-bond donors (Lipinski definition) is 0. The second kappa shape index (κ2) is 39.1. The quantitative estimate of drug-likeness (QED) is 0.0264. The SMILES string of the molecule is CC/C=C/C/C=C/C/C=C/CC(=O)OCC(COCCC(C(=O)[O-])[N+](C)(C)C)OC(=O)CCCCCCCCC/C=C/CCCCCCCCCCCCCC. The molecule has 8 nitrogen and oxygen atoms in total. The predicted octanol–water partition coefficient (Wildman–Crippen LogP) is 11.1. The van der Waals surface area contributed by atoms with Crippen LogP contribution < -0.4 is 5.11 Å². The number of unbranched alkanes of at least 4 members (excludes halogenated alkanes) is 19. The summed E-state index contributed by atoms with van der Waals surface area (Å²) in [5, 5.41) is 11.6. The first-order chi connectivity index (χ1) is 27.1. The number of carboxylic acids is 1. The van der Waals surface area contributed by atoms with Crippen LogP contribution in [-0.2, 0) is 28.6 Å². The number of carboxylic acid groups (broad SMARTS) is 1. The number of nitrogens with zero attached hydrogens (tertiary/aromatic N) is 1. The van der Waals surface area contributed by atoms with Gasteiger partial charge >= 0.3 is 11.9 Å². The lowest BCUT2D eigenvalue weighted by Crippen LogP contribution is -2.55. The number of allylic oxidation sites excluding steroid dienone is 7. The summed E-state index contributed by atoms with van der Waals surface area (Å²) >= 11 is 0. The average Bonchev–Trinajstić information content (AvgIpc) is 3.15. The van der Waals surface area contributed by atoms with Gasteiger partial charge in [0.15, 0.2) is 6.10 Å². The number of likely N-dealkylation sites (N-methyl/N-ethyl adjacent to an activating group) is 1. The van der Waals surface area contributed by atoms with Crippen molar-refractivity contribution >= 4 is 17.9 Å². The van der Waals surface area contributed by atoms with Crippen LogP contribution in [0, 0.1) is 0 Å². The lowest BCUT2D eigenvalue weighted by atomic mass is 10.0. The van der Waals surface area contributed by atoms with Gasteiger partial charge in [-0.3, -0.25) is 9.59 Å². The Morgan fingerprint density at radius 2 is 1.05 bits per heavy atom. The van der Waals surface area contributed by atoms with Gasteiger partial charge in [0.25, 0.3) is 0 Å². The molecule has 2 atom stereocenters. The van der Waals surface area contributed by atoms with Gasteiger partial charge in [0.2, 0.25) is 0 Å². The smallest absolute Gasteiger partial charge is 0.309 e. The van der Waals surface area contributed by atoms with E-state index in [4.69, 9.17) is 14.2 Å². The molecule has 0 aliphatic heterocycles. The molecule has 0 N–H and O–H groups in total. The van der Waals surface area contributed by atoms with Crippen molar-refractivity contribution in [1.29, 1.82) is 0 Å². The Labute approximate surface area is 344 Å². The summed E-state index contributed by atoms with van der Waals surface area (Å²) in [6, 6.07) is -0.737. The van der Waals surface area contributed by atoms with Crippen LogP contribution in [0.5, 0.6) is 0 Å². The van der Waals surface area contributed by atoms with Gasteiger partial charge in [-0.05, 0) is 51.4 Å². The molecule has 2 unspecified atom stereocenters. The van der Waals surface area contributed by atoms with Crippen molar-refractivity contribution in [2.75, 3.05) is 41.0 Å². The van der Waals surface area contributed by atoms with Crippen LogP contribution in [0.1, 0.15) is 187 Å². The standard InChI is InChI=1S/C48H85NO7/c1-6-8-10-12-14-16-17-18-19-20-21-22-23-24-25-26-27-28-29-31-33-35-37-39-47(51)56-44(42-54-41-40-45(48(52)53)49(3,4)5)43-55-46(50)38-36-34-32-30-15-13-11-9-7-2/h9,11,15,24-25,30,34,36,44-45H,6-8,10,12-14,16-23,26-29,31-33,35,37-43H2,1-5H3/b11-9+,25-24+,30-15+,36-34+. The fourth-order valence-electron chi connectivity index (χ4n) is 6.48. The van der Waals surface area contributed by atoms with Crippen LogP contribution in [0.2, 0.25) is 0 Å². The summed E-state index contributed by atoms with van der Waals surface area (Å²) in [5.41, 5.74) is 0. The molecule has 0 saturated heterocycles. The largest absolute Gasteiger partial charge is 0.544 e. The number of hydrogen-bond acceptors (Lipinski definition) is 7. The second-order valence-electron chi connectivity index (χ2n) is 16.3. The van der Waals surface area contributed by atoms with Crippen molar-refractivity contribution in [1.82, 2.24) is 0 Å². The molecule has 0 bridgehead atoms. The molecular weight excluding hydrogens is 703 g/mol. The fourth-order valence-corrected chi connectivity index (χ4v) is 6.48. The molecule has 0 rings (SSSR count). The molecule has 8 heteroatoms. The Morgan fingerprint density at radius 3 is 1.55 bits per heavy atom. The molecular formula is C48H85NO7. The number of carbonyl (C=O) groups is 3. The number of esters is 2. The van der Waals surface area contributed by atoms with Crippen LogP contribution in [0.3, 0.4) is 0 Å². The molecule has 56 heavy (non-hydrogen) atoms. The zero-order valence-electron chi connectivity index (χ0n) is 36.8. The van der Waals surface area contributed by atoms with Gasteiger partial charge in [0.05, 0.1) is 46.7 Å². The summed E-state index contributed by atoms with van der Waals surface area (Å²) in [7, 11) is 5.38. The van der Waals surface area contributed by atoms with Gasteiger partial charge in [-0.1, -0.05) is 165 Å². The zero-order valence-corrected chi connectivity index (χ0v) is 36.8. The predicted molar refractivity (Wildman–Crippen MR) is 231 cm³/mol. The highest BCUT2D eigenvalue weighted by atomic mass is 16.6. The van der Waals surface area contributed by atoms with E-state index in [-0.39, 0.29) is 43.1 Å². The molecule has 0 heterocycles.